The Balaban J connectivity index is 4.00. The van der Waals surface area contributed by atoms with E-state index in [1.54, 1.807) is 7.05 Å². The molecule has 0 aromatic carbocycles. The topological polar surface area (TPSA) is 32.3 Å². The average Bonchev–Trinajstić information content (AvgIpc) is 1.99. The van der Waals surface area contributed by atoms with Crippen LogP contribution < -0.4 is 5.32 Å². The van der Waals surface area contributed by atoms with Crippen molar-refractivity contribution in [1.82, 2.24) is 10.2 Å². The number of carbonyl (C=O) groups excluding carboxylic acids is 1. The molecule has 0 radical (unpaired) electrons. The number of nitrogens with zero attached hydrogens (tertiary/aromatic N) is 1. The molecule has 0 spiro atoms. The van der Waals surface area contributed by atoms with Gasteiger partial charge in [-0.3, -0.25) is 4.79 Å². The Bertz CT molecular complexity index is 134. The van der Waals surface area contributed by atoms with E-state index >= 15 is 0 Å². The van der Waals surface area contributed by atoms with Crippen LogP contribution in [-0.4, -0.2) is 37.0 Å². The summed E-state index contributed by atoms with van der Waals surface area (Å²) < 4.78 is 0. The number of amides is 1. The molecular weight excluding hydrogens is 152 g/mol. The lowest BCUT2D eigenvalue weighted by Crippen LogP contribution is -2.41. The lowest BCUT2D eigenvalue weighted by Gasteiger charge is -2.26. The zero-order valence-electron chi connectivity index (χ0n) is 8.55. The summed E-state index contributed by atoms with van der Waals surface area (Å²) in [7, 11) is 1.79. The molecular formula is C9H20N2O. The molecule has 3 nitrogen and oxygen atoms in total. The third-order valence-electron chi connectivity index (χ3n) is 1.74. The van der Waals surface area contributed by atoms with Gasteiger partial charge in [0.1, 0.15) is 0 Å². The van der Waals surface area contributed by atoms with E-state index in [-0.39, 0.29) is 5.91 Å². The molecule has 0 unspecified atom stereocenters. The van der Waals surface area contributed by atoms with Gasteiger partial charge in [0.05, 0.1) is 6.54 Å². The molecule has 72 valence electrons. The second kappa shape index (κ2) is 6.00. The Morgan fingerprint density at radius 3 is 2.42 bits per heavy atom. The minimum absolute atomic E-state index is 0.189. The molecule has 3 heteroatoms. The Kier molecular flexibility index (Phi) is 5.72. The van der Waals surface area contributed by atoms with Crippen molar-refractivity contribution in [1.29, 1.82) is 0 Å². The molecule has 0 rings (SSSR count). The second-order valence-electron chi connectivity index (χ2n) is 3.21. The minimum Gasteiger partial charge on any atom is -0.339 e. The Labute approximate surface area is 75.1 Å². The predicted molar refractivity (Wildman–Crippen MR) is 51.1 cm³/mol. The first-order valence-electron chi connectivity index (χ1n) is 4.57. The summed E-state index contributed by atoms with van der Waals surface area (Å²) in [5.41, 5.74) is 0. The van der Waals surface area contributed by atoms with Crippen LogP contribution in [0.25, 0.3) is 0 Å². The summed E-state index contributed by atoms with van der Waals surface area (Å²) in [5.74, 6) is 0.189. The highest BCUT2D eigenvalue weighted by molar-refractivity contribution is 5.78. The van der Waals surface area contributed by atoms with Gasteiger partial charge in [-0.15, -0.1) is 0 Å². The molecule has 0 heterocycles. The maximum Gasteiger partial charge on any atom is 0.236 e. The standard InChI is InChI=1S/C9H20N2O/c1-5-6-11(8(2)3)9(12)7-10-4/h8,10H,5-7H2,1-4H3. The molecule has 1 amide bonds. The van der Waals surface area contributed by atoms with Gasteiger partial charge in [-0.2, -0.15) is 0 Å². The summed E-state index contributed by atoms with van der Waals surface area (Å²) >= 11 is 0. The van der Waals surface area contributed by atoms with Crippen LogP contribution in [-0.2, 0) is 4.79 Å². The summed E-state index contributed by atoms with van der Waals surface area (Å²) in [6, 6.07) is 0.311. The van der Waals surface area contributed by atoms with Gasteiger partial charge < -0.3 is 10.2 Å². The van der Waals surface area contributed by atoms with E-state index in [9.17, 15) is 4.79 Å². The highest BCUT2D eigenvalue weighted by atomic mass is 16.2. The van der Waals surface area contributed by atoms with E-state index in [1.807, 2.05) is 18.7 Å². The summed E-state index contributed by atoms with van der Waals surface area (Å²) in [6.07, 6.45) is 1.02. The monoisotopic (exact) mass is 172 g/mol. The molecule has 0 atom stereocenters. The van der Waals surface area contributed by atoms with Gasteiger partial charge in [-0.05, 0) is 27.3 Å². The van der Waals surface area contributed by atoms with Crippen LogP contribution in [0.1, 0.15) is 27.2 Å². The van der Waals surface area contributed by atoms with Crippen molar-refractivity contribution in [3.63, 3.8) is 0 Å². The number of hydrogen-bond donors (Lipinski definition) is 1. The van der Waals surface area contributed by atoms with Crippen LogP contribution >= 0.6 is 0 Å². The van der Waals surface area contributed by atoms with E-state index in [0.717, 1.165) is 13.0 Å². The zero-order chi connectivity index (χ0) is 9.56. The van der Waals surface area contributed by atoms with Crippen molar-refractivity contribution >= 4 is 5.91 Å². The number of hydrogen-bond acceptors (Lipinski definition) is 2. The van der Waals surface area contributed by atoms with Crippen molar-refractivity contribution < 1.29 is 4.79 Å². The van der Waals surface area contributed by atoms with Crippen LogP contribution in [0, 0.1) is 0 Å². The molecule has 12 heavy (non-hydrogen) atoms. The summed E-state index contributed by atoms with van der Waals surface area (Å²) in [4.78, 5) is 13.3. The van der Waals surface area contributed by atoms with Crippen molar-refractivity contribution in [2.45, 2.75) is 33.2 Å². The SMILES string of the molecule is CCCN(C(=O)CNC)C(C)C. The van der Waals surface area contributed by atoms with Crippen molar-refractivity contribution in [3.8, 4) is 0 Å². The lowest BCUT2D eigenvalue weighted by atomic mass is 10.3. The van der Waals surface area contributed by atoms with Gasteiger partial charge in [0.25, 0.3) is 0 Å². The first-order valence-corrected chi connectivity index (χ1v) is 4.57. The average molecular weight is 172 g/mol. The molecule has 0 saturated carbocycles. The molecule has 0 aromatic rings. The maximum atomic E-state index is 11.4. The van der Waals surface area contributed by atoms with Crippen LogP contribution in [0.5, 0.6) is 0 Å². The first kappa shape index (κ1) is 11.4. The van der Waals surface area contributed by atoms with Crippen LogP contribution in [0.4, 0.5) is 0 Å². The third-order valence-corrected chi connectivity index (χ3v) is 1.74. The Morgan fingerprint density at radius 2 is 2.08 bits per heavy atom. The first-order chi connectivity index (χ1) is 5.63. The lowest BCUT2D eigenvalue weighted by molar-refractivity contribution is -0.131. The van der Waals surface area contributed by atoms with Gasteiger partial charge >= 0.3 is 0 Å². The van der Waals surface area contributed by atoms with Crippen molar-refractivity contribution in [2.24, 2.45) is 0 Å². The second-order valence-corrected chi connectivity index (χ2v) is 3.21. The van der Waals surface area contributed by atoms with Crippen molar-refractivity contribution in [2.75, 3.05) is 20.1 Å². The zero-order valence-corrected chi connectivity index (χ0v) is 8.55. The van der Waals surface area contributed by atoms with Crippen LogP contribution in [0.15, 0.2) is 0 Å². The fraction of sp³-hybridized carbons (Fsp3) is 0.889. The smallest absolute Gasteiger partial charge is 0.236 e. The summed E-state index contributed by atoms with van der Waals surface area (Å²) in [6.45, 7) is 7.48. The molecule has 0 aliphatic heterocycles. The normalized spacial score (nSPS) is 10.4. The maximum absolute atomic E-state index is 11.4. The van der Waals surface area contributed by atoms with E-state index in [2.05, 4.69) is 12.2 Å². The Hall–Kier alpha value is -0.570. The molecule has 0 aliphatic rings. The number of nitrogens with one attached hydrogen (secondary N) is 1. The van der Waals surface area contributed by atoms with E-state index < -0.39 is 0 Å². The molecule has 0 fully saturated rings. The van der Waals surface area contributed by atoms with Gasteiger partial charge in [0.2, 0.25) is 5.91 Å². The molecule has 0 aromatic heterocycles. The molecule has 0 bridgehead atoms. The fourth-order valence-electron chi connectivity index (χ4n) is 1.16. The molecule has 0 aliphatic carbocycles. The highest BCUT2D eigenvalue weighted by Crippen LogP contribution is 1.99. The summed E-state index contributed by atoms with van der Waals surface area (Å²) in [5, 5.41) is 2.87. The van der Waals surface area contributed by atoms with Gasteiger partial charge in [0, 0.05) is 12.6 Å². The third kappa shape index (κ3) is 3.72. The van der Waals surface area contributed by atoms with Crippen LogP contribution in [0.2, 0.25) is 0 Å². The van der Waals surface area contributed by atoms with Crippen LogP contribution in [0.3, 0.4) is 0 Å². The van der Waals surface area contributed by atoms with Crippen molar-refractivity contribution in [3.05, 3.63) is 0 Å². The number of likely N-dealkylation sites (N-methyl/N-ethyl adjacent to an activating group) is 1. The highest BCUT2D eigenvalue weighted by Gasteiger charge is 2.13. The van der Waals surface area contributed by atoms with Gasteiger partial charge in [-0.25, -0.2) is 0 Å². The molecule has 0 saturated heterocycles. The van der Waals surface area contributed by atoms with Gasteiger partial charge in [0.15, 0.2) is 0 Å². The van der Waals surface area contributed by atoms with E-state index in [1.165, 1.54) is 0 Å². The molecule has 1 N–H and O–H groups in total. The number of carbonyl (C=O) groups is 1. The van der Waals surface area contributed by atoms with Gasteiger partial charge in [-0.1, -0.05) is 6.92 Å². The largest absolute Gasteiger partial charge is 0.339 e. The predicted octanol–water partition coefficient (Wildman–Crippen LogP) is 0.853. The quantitative estimate of drug-likeness (QED) is 0.667. The Morgan fingerprint density at radius 1 is 1.50 bits per heavy atom. The van der Waals surface area contributed by atoms with E-state index in [4.69, 9.17) is 0 Å². The fourth-order valence-corrected chi connectivity index (χ4v) is 1.16. The minimum atomic E-state index is 0.189. The number of rotatable bonds is 5. The van der Waals surface area contributed by atoms with E-state index in [0.29, 0.717) is 12.6 Å².